The number of nitrogens with zero attached hydrogens (tertiary/aromatic N) is 1. The van der Waals surface area contributed by atoms with Gasteiger partial charge in [-0.15, -0.1) is 0 Å². The predicted octanol–water partition coefficient (Wildman–Crippen LogP) is 2.32. The summed E-state index contributed by atoms with van der Waals surface area (Å²) in [4.78, 5) is 0.221. The van der Waals surface area contributed by atoms with Crippen LogP contribution < -0.4 is 0 Å². The van der Waals surface area contributed by atoms with Gasteiger partial charge in [0.05, 0.1) is 11.0 Å². The molecule has 0 bridgehead atoms. The van der Waals surface area contributed by atoms with Crippen LogP contribution in [-0.4, -0.2) is 13.7 Å². The van der Waals surface area contributed by atoms with Crippen LogP contribution in [0.4, 0.5) is 0 Å². The van der Waals surface area contributed by atoms with Gasteiger partial charge in [-0.25, -0.2) is 8.42 Å². The van der Waals surface area contributed by atoms with Crippen LogP contribution in [0, 0.1) is 24.2 Å². The molecule has 0 fully saturated rings. The minimum absolute atomic E-state index is 0.212. The van der Waals surface area contributed by atoms with Crippen LogP contribution in [0.2, 0.25) is 0 Å². The second-order valence-corrected chi connectivity index (χ2v) is 6.22. The van der Waals surface area contributed by atoms with Gasteiger partial charge in [-0.3, -0.25) is 0 Å². The zero-order valence-corrected chi connectivity index (χ0v) is 10.5. The lowest BCUT2D eigenvalue weighted by atomic mass is 10.1. The van der Waals surface area contributed by atoms with E-state index in [0.717, 1.165) is 5.56 Å². The van der Waals surface area contributed by atoms with Gasteiger partial charge in [0, 0.05) is 0 Å². The monoisotopic (exact) mass is 237 g/mol. The quantitative estimate of drug-likeness (QED) is 0.810. The third-order valence-electron chi connectivity index (χ3n) is 2.42. The summed E-state index contributed by atoms with van der Waals surface area (Å²) in [6.45, 7) is 5.36. The molecule has 1 aromatic carbocycles. The van der Waals surface area contributed by atoms with E-state index in [1.54, 1.807) is 38.1 Å². The number of benzene rings is 1. The van der Waals surface area contributed by atoms with E-state index in [2.05, 4.69) is 0 Å². The maximum Gasteiger partial charge on any atom is 0.194 e. The molecule has 0 saturated carbocycles. The molecule has 0 aliphatic rings. The van der Waals surface area contributed by atoms with E-state index in [1.807, 2.05) is 13.0 Å². The third-order valence-corrected chi connectivity index (χ3v) is 4.66. The molecule has 1 rings (SSSR count). The molecule has 0 heterocycles. The molecule has 16 heavy (non-hydrogen) atoms. The van der Waals surface area contributed by atoms with Crippen LogP contribution in [0.3, 0.4) is 0 Å². The Morgan fingerprint density at radius 3 is 2.06 bits per heavy atom. The Kier molecular flexibility index (Phi) is 3.71. The summed E-state index contributed by atoms with van der Waals surface area (Å²) in [7, 11) is -3.53. The molecule has 0 radical (unpaired) electrons. The van der Waals surface area contributed by atoms with Crippen molar-refractivity contribution in [3.63, 3.8) is 0 Å². The van der Waals surface area contributed by atoms with E-state index in [4.69, 9.17) is 5.26 Å². The van der Waals surface area contributed by atoms with Crippen molar-refractivity contribution in [1.82, 2.24) is 0 Å². The third kappa shape index (κ3) is 2.42. The summed E-state index contributed by atoms with van der Waals surface area (Å²) in [6.07, 6.45) is 0. The van der Waals surface area contributed by atoms with E-state index in [1.165, 1.54) is 0 Å². The Balaban J connectivity index is 3.22. The first-order chi connectivity index (χ1) is 7.39. The Labute approximate surface area is 96.6 Å². The zero-order valence-electron chi connectivity index (χ0n) is 9.64. The Bertz CT molecular complexity index is 495. The van der Waals surface area contributed by atoms with Crippen LogP contribution in [-0.2, 0) is 9.84 Å². The number of rotatable bonds is 3. The number of sulfone groups is 1. The molecular weight excluding hydrogens is 222 g/mol. The summed E-state index contributed by atoms with van der Waals surface area (Å²) in [5.74, 6) is -0.212. The Hall–Kier alpha value is -1.34. The molecule has 0 N–H and O–H groups in total. The maximum atomic E-state index is 12.1. The van der Waals surface area contributed by atoms with Crippen LogP contribution in [0.1, 0.15) is 19.4 Å². The van der Waals surface area contributed by atoms with Gasteiger partial charge in [0.15, 0.2) is 15.1 Å². The zero-order chi connectivity index (χ0) is 12.3. The highest BCUT2D eigenvalue weighted by Gasteiger charge is 2.29. The van der Waals surface area contributed by atoms with Gasteiger partial charge in [-0.2, -0.15) is 5.26 Å². The van der Waals surface area contributed by atoms with Crippen LogP contribution in [0.15, 0.2) is 29.2 Å². The first kappa shape index (κ1) is 12.7. The van der Waals surface area contributed by atoms with Gasteiger partial charge in [-0.1, -0.05) is 31.5 Å². The molecule has 86 valence electrons. The fourth-order valence-corrected chi connectivity index (χ4v) is 3.12. The summed E-state index contributed by atoms with van der Waals surface area (Å²) in [5, 5.41) is 7.94. The topological polar surface area (TPSA) is 57.9 Å². The predicted molar refractivity (Wildman–Crippen MR) is 62.6 cm³/mol. The second kappa shape index (κ2) is 4.67. The summed E-state index contributed by atoms with van der Waals surface area (Å²) >= 11 is 0. The van der Waals surface area contributed by atoms with Gasteiger partial charge >= 0.3 is 0 Å². The average Bonchev–Trinajstić information content (AvgIpc) is 2.18. The molecule has 1 atom stereocenters. The van der Waals surface area contributed by atoms with Gasteiger partial charge < -0.3 is 0 Å². The van der Waals surface area contributed by atoms with Crippen molar-refractivity contribution in [1.29, 1.82) is 5.26 Å². The number of hydrogen-bond acceptors (Lipinski definition) is 3. The van der Waals surface area contributed by atoms with E-state index in [9.17, 15) is 8.42 Å². The molecule has 1 unspecified atom stereocenters. The van der Waals surface area contributed by atoms with Gasteiger partial charge in [0.2, 0.25) is 0 Å². The van der Waals surface area contributed by atoms with Crippen molar-refractivity contribution in [3.8, 4) is 6.07 Å². The molecule has 0 amide bonds. The molecule has 0 aromatic heterocycles. The first-order valence-electron chi connectivity index (χ1n) is 5.09. The van der Waals surface area contributed by atoms with E-state index in [-0.39, 0.29) is 10.8 Å². The average molecular weight is 237 g/mol. The normalized spacial score (nSPS) is 13.4. The van der Waals surface area contributed by atoms with Crippen molar-refractivity contribution in [2.45, 2.75) is 30.9 Å². The van der Waals surface area contributed by atoms with E-state index in [0.29, 0.717) is 0 Å². The first-order valence-corrected chi connectivity index (χ1v) is 6.64. The Morgan fingerprint density at radius 2 is 1.69 bits per heavy atom. The fourth-order valence-electron chi connectivity index (χ4n) is 1.45. The summed E-state index contributed by atoms with van der Waals surface area (Å²) < 4.78 is 24.2. The van der Waals surface area contributed by atoms with Crippen molar-refractivity contribution < 1.29 is 8.42 Å². The van der Waals surface area contributed by atoms with Crippen molar-refractivity contribution in [3.05, 3.63) is 29.8 Å². The number of aryl methyl sites for hydroxylation is 1. The van der Waals surface area contributed by atoms with Crippen molar-refractivity contribution in [2.24, 2.45) is 5.92 Å². The van der Waals surface area contributed by atoms with Crippen LogP contribution >= 0.6 is 0 Å². The lowest BCUT2D eigenvalue weighted by Gasteiger charge is -2.13. The molecular formula is C12H15NO2S. The fraction of sp³-hybridized carbons (Fsp3) is 0.417. The molecule has 3 nitrogen and oxygen atoms in total. The molecule has 1 aromatic rings. The van der Waals surface area contributed by atoms with Gasteiger partial charge in [0.1, 0.15) is 0 Å². The summed E-state index contributed by atoms with van der Waals surface area (Å²) in [5.41, 5.74) is 0.997. The summed E-state index contributed by atoms with van der Waals surface area (Å²) in [6, 6.07) is 8.45. The van der Waals surface area contributed by atoms with Gasteiger partial charge in [-0.05, 0) is 25.0 Å². The standard InChI is InChI=1S/C12H15NO2S/c1-9(2)12(8-13)16(14,15)11-6-4-10(3)5-7-11/h4-7,9,12H,1-3H3. The smallest absolute Gasteiger partial charge is 0.194 e. The van der Waals surface area contributed by atoms with Crippen molar-refractivity contribution in [2.75, 3.05) is 0 Å². The minimum atomic E-state index is -3.53. The molecule has 0 aliphatic heterocycles. The second-order valence-electron chi connectivity index (χ2n) is 4.15. The highest BCUT2D eigenvalue weighted by molar-refractivity contribution is 7.92. The maximum absolute atomic E-state index is 12.1. The van der Waals surface area contributed by atoms with E-state index >= 15 is 0 Å². The molecule has 4 heteroatoms. The van der Waals surface area contributed by atoms with Crippen LogP contribution in [0.5, 0.6) is 0 Å². The largest absolute Gasteiger partial charge is 0.222 e. The molecule has 0 aliphatic carbocycles. The minimum Gasteiger partial charge on any atom is -0.222 e. The molecule has 0 saturated heterocycles. The van der Waals surface area contributed by atoms with Crippen molar-refractivity contribution >= 4 is 9.84 Å². The van der Waals surface area contributed by atoms with Gasteiger partial charge in [0.25, 0.3) is 0 Å². The van der Waals surface area contributed by atoms with Crippen LogP contribution in [0.25, 0.3) is 0 Å². The highest BCUT2D eigenvalue weighted by atomic mass is 32.2. The lowest BCUT2D eigenvalue weighted by molar-refractivity contribution is 0.563. The number of nitriles is 1. The lowest BCUT2D eigenvalue weighted by Crippen LogP contribution is -2.25. The Morgan fingerprint density at radius 1 is 1.19 bits per heavy atom. The number of hydrogen-bond donors (Lipinski definition) is 0. The highest BCUT2D eigenvalue weighted by Crippen LogP contribution is 2.21. The van der Waals surface area contributed by atoms with E-state index < -0.39 is 15.1 Å². The SMILES string of the molecule is Cc1ccc(S(=O)(=O)C(C#N)C(C)C)cc1. The molecule has 0 spiro atoms.